The van der Waals surface area contributed by atoms with E-state index in [2.05, 4.69) is 6.58 Å². The SMILES string of the molecule is C=CCCCCCCCCCOC(C)=O. The van der Waals surface area contributed by atoms with Crippen molar-refractivity contribution < 1.29 is 9.53 Å². The lowest BCUT2D eigenvalue weighted by Crippen LogP contribution is -1.99. The van der Waals surface area contributed by atoms with Gasteiger partial charge in [-0.3, -0.25) is 4.79 Å². The first-order valence-electron chi connectivity index (χ1n) is 6.01. The summed E-state index contributed by atoms with van der Waals surface area (Å²) in [6.45, 7) is 5.75. The molecule has 2 heteroatoms. The van der Waals surface area contributed by atoms with Crippen molar-refractivity contribution >= 4 is 5.97 Å². The predicted octanol–water partition coefficient (Wildman–Crippen LogP) is 3.86. The van der Waals surface area contributed by atoms with E-state index >= 15 is 0 Å². The second-order valence-corrected chi connectivity index (χ2v) is 3.89. The van der Waals surface area contributed by atoms with Gasteiger partial charge in [0.25, 0.3) is 0 Å². The zero-order chi connectivity index (χ0) is 11.4. The van der Waals surface area contributed by atoms with Gasteiger partial charge in [-0.25, -0.2) is 0 Å². The highest BCUT2D eigenvalue weighted by Crippen LogP contribution is 2.08. The van der Waals surface area contributed by atoms with Crippen LogP contribution in [-0.4, -0.2) is 12.6 Å². The van der Waals surface area contributed by atoms with E-state index in [1.807, 2.05) is 6.08 Å². The summed E-state index contributed by atoms with van der Waals surface area (Å²) in [4.78, 5) is 10.4. The van der Waals surface area contributed by atoms with Gasteiger partial charge in [-0.15, -0.1) is 6.58 Å². The molecular formula is C13H24O2. The number of ether oxygens (including phenoxy) is 1. The van der Waals surface area contributed by atoms with E-state index in [9.17, 15) is 4.79 Å². The molecular weight excluding hydrogens is 188 g/mol. The molecule has 0 spiro atoms. The van der Waals surface area contributed by atoms with Crippen LogP contribution in [0, 0.1) is 0 Å². The van der Waals surface area contributed by atoms with Crippen molar-refractivity contribution in [1.82, 2.24) is 0 Å². The zero-order valence-electron chi connectivity index (χ0n) is 9.96. The van der Waals surface area contributed by atoms with Gasteiger partial charge in [-0.05, 0) is 19.3 Å². The summed E-state index contributed by atoms with van der Waals surface area (Å²) in [5, 5.41) is 0. The summed E-state index contributed by atoms with van der Waals surface area (Å²) in [6, 6.07) is 0. The predicted molar refractivity (Wildman–Crippen MR) is 63.8 cm³/mol. The van der Waals surface area contributed by atoms with Gasteiger partial charge in [0, 0.05) is 6.92 Å². The van der Waals surface area contributed by atoms with Crippen LogP contribution in [0.25, 0.3) is 0 Å². The Balaban J connectivity index is 2.92. The minimum Gasteiger partial charge on any atom is -0.466 e. The Labute approximate surface area is 93.7 Å². The number of hydrogen-bond donors (Lipinski definition) is 0. The van der Waals surface area contributed by atoms with E-state index in [0.717, 1.165) is 12.8 Å². The Morgan fingerprint density at radius 1 is 1.07 bits per heavy atom. The summed E-state index contributed by atoms with van der Waals surface area (Å²) in [7, 11) is 0. The normalized spacial score (nSPS) is 9.93. The molecule has 0 N–H and O–H groups in total. The molecule has 0 atom stereocenters. The molecule has 0 amide bonds. The number of esters is 1. The summed E-state index contributed by atoms with van der Waals surface area (Å²) >= 11 is 0. The average Bonchev–Trinajstić information content (AvgIpc) is 2.20. The molecule has 0 saturated carbocycles. The Kier molecular flexibility index (Phi) is 10.7. The lowest BCUT2D eigenvalue weighted by molar-refractivity contribution is -0.141. The average molecular weight is 212 g/mol. The maximum atomic E-state index is 10.4. The quantitative estimate of drug-likeness (QED) is 0.312. The number of rotatable bonds is 10. The molecule has 0 aromatic rings. The van der Waals surface area contributed by atoms with E-state index in [-0.39, 0.29) is 5.97 Å². The lowest BCUT2D eigenvalue weighted by atomic mass is 10.1. The van der Waals surface area contributed by atoms with Gasteiger partial charge in [0.15, 0.2) is 0 Å². The van der Waals surface area contributed by atoms with Crippen molar-refractivity contribution in [3.63, 3.8) is 0 Å². The zero-order valence-corrected chi connectivity index (χ0v) is 9.96. The van der Waals surface area contributed by atoms with E-state index in [1.54, 1.807) is 0 Å². The number of unbranched alkanes of at least 4 members (excludes halogenated alkanes) is 7. The molecule has 0 aliphatic heterocycles. The first-order valence-corrected chi connectivity index (χ1v) is 6.01. The third-order valence-corrected chi connectivity index (χ3v) is 2.36. The van der Waals surface area contributed by atoms with Crippen molar-refractivity contribution in [3.8, 4) is 0 Å². The van der Waals surface area contributed by atoms with Crippen molar-refractivity contribution in [2.75, 3.05) is 6.61 Å². The van der Waals surface area contributed by atoms with Gasteiger partial charge < -0.3 is 4.74 Å². The molecule has 0 rings (SSSR count). The highest BCUT2D eigenvalue weighted by Gasteiger charge is 1.93. The third kappa shape index (κ3) is 13.2. The van der Waals surface area contributed by atoms with Gasteiger partial charge in [0.05, 0.1) is 6.61 Å². The van der Waals surface area contributed by atoms with E-state index in [0.29, 0.717) is 6.61 Å². The Bertz CT molecular complexity index is 164. The second kappa shape index (κ2) is 11.3. The van der Waals surface area contributed by atoms with Gasteiger partial charge in [0.1, 0.15) is 0 Å². The summed E-state index contributed by atoms with van der Waals surface area (Å²) < 4.78 is 4.85. The fourth-order valence-corrected chi connectivity index (χ4v) is 1.49. The minimum atomic E-state index is -0.167. The van der Waals surface area contributed by atoms with Crippen LogP contribution in [0.15, 0.2) is 12.7 Å². The van der Waals surface area contributed by atoms with Crippen LogP contribution >= 0.6 is 0 Å². The first kappa shape index (κ1) is 14.2. The lowest BCUT2D eigenvalue weighted by Gasteiger charge is -2.02. The third-order valence-electron chi connectivity index (χ3n) is 2.36. The Hall–Kier alpha value is -0.790. The molecule has 0 aromatic carbocycles. The van der Waals surface area contributed by atoms with Crippen LogP contribution in [0.4, 0.5) is 0 Å². The van der Waals surface area contributed by atoms with Crippen LogP contribution in [0.5, 0.6) is 0 Å². The maximum Gasteiger partial charge on any atom is 0.302 e. The maximum absolute atomic E-state index is 10.4. The highest BCUT2D eigenvalue weighted by atomic mass is 16.5. The summed E-state index contributed by atoms with van der Waals surface area (Å²) in [5.74, 6) is -0.167. The minimum absolute atomic E-state index is 0.167. The summed E-state index contributed by atoms with van der Waals surface area (Å²) in [5.41, 5.74) is 0. The monoisotopic (exact) mass is 212 g/mol. The molecule has 2 nitrogen and oxygen atoms in total. The molecule has 0 bridgehead atoms. The molecule has 0 saturated heterocycles. The van der Waals surface area contributed by atoms with E-state index < -0.39 is 0 Å². The number of carbonyl (C=O) groups excluding carboxylic acids is 1. The molecule has 0 aliphatic rings. The molecule has 0 heterocycles. The molecule has 0 aromatic heterocycles. The van der Waals surface area contributed by atoms with Crippen LogP contribution in [0.2, 0.25) is 0 Å². The smallest absolute Gasteiger partial charge is 0.302 e. The fourth-order valence-electron chi connectivity index (χ4n) is 1.49. The Morgan fingerprint density at radius 3 is 2.13 bits per heavy atom. The van der Waals surface area contributed by atoms with Crippen LogP contribution in [0.1, 0.15) is 58.3 Å². The van der Waals surface area contributed by atoms with Gasteiger partial charge in [-0.1, -0.05) is 38.2 Å². The number of carbonyl (C=O) groups is 1. The van der Waals surface area contributed by atoms with E-state index in [1.165, 1.54) is 45.4 Å². The molecule has 0 fully saturated rings. The summed E-state index contributed by atoms with van der Waals surface area (Å²) in [6.07, 6.45) is 11.8. The molecule has 0 aliphatic carbocycles. The highest BCUT2D eigenvalue weighted by molar-refractivity contribution is 5.65. The fraction of sp³-hybridized carbons (Fsp3) is 0.769. The largest absolute Gasteiger partial charge is 0.466 e. The van der Waals surface area contributed by atoms with Crippen molar-refractivity contribution in [2.24, 2.45) is 0 Å². The van der Waals surface area contributed by atoms with Crippen molar-refractivity contribution in [2.45, 2.75) is 58.3 Å². The first-order chi connectivity index (χ1) is 7.27. The second-order valence-electron chi connectivity index (χ2n) is 3.89. The molecule has 88 valence electrons. The van der Waals surface area contributed by atoms with E-state index in [4.69, 9.17) is 4.74 Å². The van der Waals surface area contributed by atoms with Gasteiger partial charge in [-0.2, -0.15) is 0 Å². The number of allylic oxidation sites excluding steroid dienone is 1. The van der Waals surface area contributed by atoms with Gasteiger partial charge in [0.2, 0.25) is 0 Å². The van der Waals surface area contributed by atoms with Crippen molar-refractivity contribution in [3.05, 3.63) is 12.7 Å². The van der Waals surface area contributed by atoms with Crippen LogP contribution in [0.3, 0.4) is 0 Å². The molecule has 0 radical (unpaired) electrons. The Morgan fingerprint density at radius 2 is 1.60 bits per heavy atom. The van der Waals surface area contributed by atoms with Crippen LogP contribution in [-0.2, 0) is 9.53 Å². The number of hydrogen-bond acceptors (Lipinski definition) is 2. The van der Waals surface area contributed by atoms with Crippen molar-refractivity contribution in [1.29, 1.82) is 0 Å². The van der Waals surface area contributed by atoms with Gasteiger partial charge >= 0.3 is 5.97 Å². The standard InChI is InChI=1S/C13H24O2/c1-3-4-5-6-7-8-9-10-11-12-15-13(2)14/h3H,1,4-12H2,2H3. The van der Waals surface area contributed by atoms with Crippen LogP contribution < -0.4 is 0 Å². The molecule has 0 unspecified atom stereocenters. The topological polar surface area (TPSA) is 26.3 Å². The molecule has 15 heavy (non-hydrogen) atoms.